The van der Waals surface area contributed by atoms with E-state index in [9.17, 15) is 26.3 Å². The van der Waals surface area contributed by atoms with E-state index in [1.54, 1.807) is 6.07 Å². The van der Waals surface area contributed by atoms with E-state index in [4.69, 9.17) is 5.26 Å². The first-order valence-corrected chi connectivity index (χ1v) is 5.95. The largest absolute Gasteiger partial charge is 0.573 e. The maximum atomic E-state index is 12.7. The molecule has 9 heteroatoms. The molecule has 0 amide bonds. The minimum absolute atomic E-state index is 0.309. The van der Waals surface area contributed by atoms with Gasteiger partial charge in [-0.1, -0.05) is 12.1 Å². The van der Waals surface area contributed by atoms with E-state index in [-0.39, 0.29) is 11.1 Å². The van der Waals surface area contributed by atoms with Crippen LogP contribution in [0.3, 0.4) is 0 Å². The molecule has 1 aromatic carbocycles. The molecule has 0 aliphatic carbocycles. The van der Waals surface area contributed by atoms with Crippen molar-refractivity contribution >= 4 is 0 Å². The Morgan fingerprint density at radius 3 is 2.17 bits per heavy atom. The number of para-hydroxylation sites is 1. The number of rotatable bonds is 2. The van der Waals surface area contributed by atoms with Gasteiger partial charge < -0.3 is 4.74 Å². The molecule has 2 aromatic rings. The Labute approximate surface area is 125 Å². The lowest BCUT2D eigenvalue weighted by Crippen LogP contribution is -2.18. The summed E-state index contributed by atoms with van der Waals surface area (Å²) in [7, 11) is 0. The Balaban J connectivity index is 2.65. The Kier molecular flexibility index (Phi) is 4.18. The van der Waals surface area contributed by atoms with E-state index in [0.717, 1.165) is 18.2 Å². The van der Waals surface area contributed by atoms with Crippen molar-refractivity contribution in [2.45, 2.75) is 12.5 Å². The van der Waals surface area contributed by atoms with Gasteiger partial charge >= 0.3 is 12.5 Å². The minimum Gasteiger partial charge on any atom is -0.405 e. The molecule has 0 N–H and O–H groups in total. The fourth-order valence-corrected chi connectivity index (χ4v) is 1.79. The Bertz CT molecular complexity index is 761. The summed E-state index contributed by atoms with van der Waals surface area (Å²) in [6.07, 6.45) is -9.84. The number of alkyl halides is 6. The van der Waals surface area contributed by atoms with Gasteiger partial charge in [-0.15, -0.1) is 13.2 Å². The molecular weight excluding hydrogens is 326 g/mol. The first kappa shape index (κ1) is 16.6. The number of hydrogen-bond donors (Lipinski definition) is 0. The van der Waals surface area contributed by atoms with Crippen LogP contribution in [0.4, 0.5) is 26.3 Å². The minimum atomic E-state index is -5.04. The molecule has 1 aromatic heterocycles. The summed E-state index contributed by atoms with van der Waals surface area (Å²) in [5.41, 5.74) is -2.54. The van der Waals surface area contributed by atoms with Crippen LogP contribution in [0, 0.1) is 11.3 Å². The molecule has 1 heterocycles. The number of nitriles is 1. The highest BCUT2D eigenvalue weighted by molar-refractivity contribution is 5.72. The average molecular weight is 332 g/mol. The van der Waals surface area contributed by atoms with Crippen LogP contribution < -0.4 is 4.74 Å². The molecule has 0 aliphatic heterocycles. The summed E-state index contributed by atoms with van der Waals surface area (Å²) in [6, 6.07) is 7.53. The van der Waals surface area contributed by atoms with Crippen molar-refractivity contribution in [1.82, 2.24) is 4.98 Å². The van der Waals surface area contributed by atoms with Gasteiger partial charge in [-0.25, -0.2) is 4.98 Å². The number of pyridine rings is 1. The Morgan fingerprint density at radius 1 is 0.957 bits per heavy atom. The number of halogens is 6. The molecule has 0 fully saturated rings. The molecule has 23 heavy (non-hydrogen) atoms. The van der Waals surface area contributed by atoms with Crippen molar-refractivity contribution in [3.05, 3.63) is 47.7 Å². The van der Waals surface area contributed by atoms with Crippen molar-refractivity contribution in [1.29, 1.82) is 5.26 Å². The predicted molar refractivity (Wildman–Crippen MR) is 66.1 cm³/mol. The Morgan fingerprint density at radius 2 is 1.61 bits per heavy atom. The first-order chi connectivity index (χ1) is 10.6. The van der Waals surface area contributed by atoms with Gasteiger partial charge in [0.2, 0.25) is 0 Å². The van der Waals surface area contributed by atoms with Crippen molar-refractivity contribution < 1.29 is 31.1 Å². The summed E-state index contributed by atoms with van der Waals surface area (Å²) < 4.78 is 79.2. The highest BCUT2D eigenvalue weighted by atomic mass is 19.4. The zero-order valence-electron chi connectivity index (χ0n) is 11.0. The van der Waals surface area contributed by atoms with Gasteiger partial charge in [0.05, 0.1) is 11.3 Å². The van der Waals surface area contributed by atoms with Crippen LogP contribution in [-0.2, 0) is 6.18 Å². The molecular formula is C14H6F6N2O. The van der Waals surface area contributed by atoms with Gasteiger partial charge in [0.1, 0.15) is 17.5 Å². The highest BCUT2D eigenvalue weighted by Gasteiger charge is 2.35. The van der Waals surface area contributed by atoms with E-state index in [1.165, 1.54) is 12.1 Å². The number of ether oxygens (including phenoxy) is 1. The Hall–Kier alpha value is -2.76. The van der Waals surface area contributed by atoms with Gasteiger partial charge in [-0.2, -0.15) is 18.4 Å². The van der Waals surface area contributed by atoms with Crippen LogP contribution in [0.1, 0.15) is 11.3 Å². The zero-order valence-corrected chi connectivity index (χ0v) is 11.0. The van der Waals surface area contributed by atoms with Crippen molar-refractivity contribution in [2.75, 3.05) is 0 Å². The van der Waals surface area contributed by atoms with Crippen LogP contribution >= 0.6 is 0 Å². The van der Waals surface area contributed by atoms with Gasteiger partial charge in [-0.3, -0.25) is 0 Å². The third kappa shape index (κ3) is 3.91. The number of nitrogens with zero attached hydrogens (tertiary/aromatic N) is 2. The molecule has 0 saturated heterocycles. The van der Waals surface area contributed by atoms with Crippen LogP contribution in [0.5, 0.6) is 5.75 Å². The van der Waals surface area contributed by atoms with Gasteiger partial charge in [0.15, 0.2) is 0 Å². The second-order valence-corrected chi connectivity index (χ2v) is 4.25. The van der Waals surface area contributed by atoms with Gasteiger partial charge in [0, 0.05) is 5.56 Å². The first-order valence-electron chi connectivity index (χ1n) is 5.95. The predicted octanol–water partition coefficient (Wildman–Crippen LogP) is 4.54. The van der Waals surface area contributed by atoms with Crippen LogP contribution in [-0.4, -0.2) is 11.3 Å². The molecule has 120 valence electrons. The zero-order chi connectivity index (χ0) is 17.3. The quantitative estimate of drug-likeness (QED) is 0.759. The van der Waals surface area contributed by atoms with E-state index in [2.05, 4.69) is 9.72 Å². The summed E-state index contributed by atoms with van der Waals surface area (Å²) in [5.74, 6) is -0.747. The number of hydrogen-bond acceptors (Lipinski definition) is 3. The monoisotopic (exact) mass is 332 g/mol. The van der Waals surface area contributed by atoms with E-state index < -0.39 is 29.7 Å². The third-order valence-corrected chi connectivity index (χ3v) is 2.67. The third-order valence-electron chi connectivity index (χ3n) is 2.67. The second-order valence-electron chi connectivity index (χ2n) is 4.25. The van der Waals surface area contributed by atoms with E-state index >= 15 is 0 Å². The molecule has 0 unspecified atom stereocenters. The summed E-state index contributed by atoms with van der Waals surface area (Å²) >= 11 is 0. The summed E-state index contributed by atoms with van der Waals surface area (Å²) in [5, 5.41) is 8.96. The molecule has 0 aliphatic rings. The standard InChI is InChI=1S/C14H6F6N2O/c15-13(16,17)11-6-5-8(7-21)12(22-11)9-3-1-2-4-10(9)23-14(18,19)20/h1-6H. The molecule has 0 saturated carbocycles. The lowest BCUT2D eigenvalue weighted by molar-refractivity contribution is -0.274. The number of benzene rings is 1. The van der Waals surface area contributed by atoms with E-state index in [0.29, 0.717) is 6.07 Å². The molecule has 0 atom stereocenters. The van der Waals surface area contributed by atoms with Crippen LogP contribution in [0.15, 0.2) is 36.4 Å². The topological polar surface area (TPSA) is 45.9 Å². The molecule has 3 nitrogen and oxygen atoms in total. The maximum absolute atomic E-state index is 12.7. The second kappa shape index (κ2) is 5.79. The smallest absolute Gasteiger partial charge is 0.405 e. The highest BCUT2D eigenvalue weighted by Crippen LogP contribution is 2.36. The molecule has 0 radical (unpaired) electrons. The van der Waals surface area contributed by atoms with Crippen LogP contribution in [0.25, 0.3) is 11.3 Å². The summed E-state index contributed by atoms with van der Waals surface area (Å²) in [6.45, 7) is 0. The van der Waals surface area contributed by atoms with Gasteiger partial charge in [-0.05, 0) is 24.3 Å². The number of aromatic nitrogens is 1. The van der Waals surface area contributed by atoms with Crippen LogP contribution in [0.2, 0.25) is 0 Å². The lowest BCUT2D eigenvalue weighted by atomic mass is 10.0. The van der Waals surface area contributed by atoms with Gasteiger partial charge in [0.25, 0.3) is 0 Å². The SMILES string of the molecule is N#Cc1ccc(C(F)(F)F)nc1-c1ccccc1OC(F)(F)F. The van der Waals surface area contributed by atoms with Crippen molar-refractivity contribution in [3.8, 4) is 23.1 Å². The fraction of sp³-hybridized carbons (Fsp3) is 0.143. The van der Waals surface area contributed by atoms with Crippen molar-refractivity contribution in [3.63, 3.8) is 0 Å². The molecule has 2 rings (SSSR count). The van der Waals surface area contributed by atoms with E-state index in [1.807, 2.05) is 0 Å². The summed E-state index contributed by atoms with van der Waals surface area (Å²) in [4.78, 5) is 3.28. The average Bonchev–Trinajstić information content (AvgIpc) is 2.44. The maximum Gasteiger partial charge on any atom is 0.573 e. The molecule has 0 spiro atoms. The lowest BCUT2D eigenvalue weighted by Gasteiger charge is -2.14. The normalized spacial score (nSPS) is 11.9. The fourth-order valence-electron chi connectivity index (χ4n) is 1.79. The molecule has 0 bridgehead atoms. The van der Waals surface area contributed by atoms with Crippen molar-refractivity contribution in [2.24, 2.45) is 0 Å².